The average molecular weight is 302 g/mol. The topological polar surface area (TPSA) is 38.5 Å². The molecular formula is C15H21F3N2O. The number of rotatable bonds is 4. The molecular weight excluding hydrogens is 281 g/mol. The highest BCUT2D eigenvalue weighted by Crippen LogP contribution is 2.25. The van der Waals surface area contributed by atoms with Crippen LogP contribution in [0.3, 0.4) is 0 Å². The van der Waals surface area contributed by atoms with E-state index in [1.807, 2.05) is 13.0 Å². The van der Waals surface area contributed by atoms with Gasteiger partial charge in [-0.1, -0.05) is 12.1 Å². The van der Waals surface area contributed by atoms with E-state index >= 15 is 0 Å². The van der Waals surface area contributed by atoms with Gasteiger partial charge in [-0.3, -0.25) is 4.90 Å². The lowest BCUT2D eigenvalue weighted by molar-refractivity contribution is -0.274. The first kappa shape index (κ1) is 16.1. The number of alkyl halides is 3. The SMILES string of the molecule is CC(N)C1CCN(Cc2cccc(OC(F)(F)F)c2)CC1. The van der Waals surface area contributed by atoms with Crippen molar-refractivity contribution in [3.63, 3.8) is 0 Å². The second kappa shape index (κ2) is 6.66. The van der Waals surface area contributed by atoms with Crippen molar-refractivity contribution >= 4 is 0 Å². The summed E-state index contributed by atoms with van der Waals surface area (Å²) in [7, 11) is 0. The van der Waals surface area contributed by atoms with Gasteiger partial charge in [-0.15, -0.1) is 13.2 Å². The number of likely N-dealkylation sites (tertiary alicyclic amines) is 1. The van der Waals surface area contributed by atoms with Crippen LogP contribution >= 0.6 is 0 Å². The van der Waals surface area contributed by atoms with Crippen LogP contribution in [0.1, 0.15) is 25.3 Å². The van der Waals surface area contributed by atoms with Crippen molar-refractivity contribution in [1.82, 2.24) is 4.90 Å². The molecule has 118 valence electrons. The van der Waals surface area contributed by atoms with E-state index in [2.05, 4.69) is 9.64 Å². The third-order valence-corrected chi connectivity index (χ3v) is 3.91. The fourth-order valence-corrected chi connectivity index (χ4v) is 2.74. The van der Waals surface area contributed by atoms with Crippen molar-refractivity contribution in [2.45, 2.75) is 38.7 Å². The number of nitrogens with zero attached hydrogens (tertiary/aromatic N) is 1. The van der Waals surface area contributed by atoms with Crippen molar-refractivity contribution in [2.24, 2.45) is 11.7 Å². The smallest absolute Gasteiger partial charge is 0.406 e. The third-order valence-electron chi connectivity index (χ3n) is 3.91. The van der Waals surface area contributed by atoms with E-state index in [9.17, 15) is 13.2 Å². The number of hydrogen-bond donors (Lipinski definition) is 1. The molecule has 6 heteroatoms. The van der Waals surface area contributed by atoms with Crippen molar-refractivity contribution in [3.05, 3.63) is 29.8 Å². The van der Waals surface area contributed by atoms with E-state index in [0.717, 1.165) is 31.5 Å². The monoisotopic (exact) mass is 302 g/mol. The van der Waals surface area contributed by atoms with Crippen molar-refractivity contribution in [2.75, 3.05) is 13.1 Å². The Morgan fingerprint density at radius 3 is 2.57 bits per heavy atom. The Morgan fingerprint density at radius 1 is 1.33 bits per heavy atom. The van der Waals surface area contributed by atoms with E-state index < -0.39 is 6.36 Å². The molecule has 0 spiro atoms. The molecule has 1 atom stereocenters. The zero-order valence-corrected chi connectivity index (χ0v) is 12.1. The molecule has 3 nitrogen and oxygen atoms in total. The van der Waals surface area contributed by atoms with Gasteiger partial charge in [0.15, 0.2) is 0 Å². The Labute approximate surface area is 122 Å². The maximum Gasteiger partial charge on any atom is 0.573 e. The molecule has 1 aliphatic rings. The summed E-state index contributed by atoms with van der Waals surface area (Å²) in [5.74, 6) is 0.381. The maximum atomic E-state index is 12.2. The van der Waals surface area contributed by atoms with Gasteiger partial charge in [0, 0.05) is 12.6 Å². The van der Waals surface area contributed by atoms with Gasteiger partial charge in [0.05, 0.1) is 0 Å². The van der Waals surface area contributed by atoms with Gasteiger partial charge in [-0.05, 0) is 56.5 Å². The molecule has 0 saturated carbocycles. The van der Waals surface area contributed by atoms with Crippen LogP contribution in [0.15, 0.2) is 24.3 Å². The molecule has 1 unspecified atom stereocenters. The second-order valence-electron chi connectivity index (χ2n) is 5.67. The number of nitrogens with two attached hydrogens (primary N) is 1. The summed E-state index contributed by atoms with van der Waals surface area (Å²) < 4.78 is 40.6. The lowest BCUT2D eigenvalue weighted by Gasteiger charge is -2.33. The van der Waals surface area contributed by atoms with Crippen LogP contribution in [0, 0.1) is 5.92 Å². The molecule has 2 rings (SSSR count). The van der Waals surface area contributed by atoms with Crippen LogP contribution in [-0.2, 0) is 6.54 Å². The van der Waals surface area contributed by atoms with Crippen LogP contribution in [0.25, 0.3) is 0 Å². The highest BCUT2D eigenvalue weighted by molar-refractivity contribution is 5.28. The summed E-state index contributed by atoms with van der Waals surface area (Å²) in [5.41, 5.74) is 6.73. The fraction of sp³-hybridized carbons (Fsp3) is 0.600. The number of benzene rings is 1. The molecule has 21 heavy (non-hydrogen) atoms. The normalized spacial score (nSPS) is 19.5. The van der Waals surface area contributed by atoms with Crippen molar-refractivity contribution < 1.29 is 17.9 Å². The van der Waals surface area contributed by atoms with Crippen LogP contribution in [0.2, 0.25) is 0 Å². The zero-order chi connectivity index (χ0) is 15.5. The van der Waals surface area contributed by atoms with Gasteiger partial charge in [-0.2, -0.15) is 0 Å². The van der Waals surface area contributed by atoms with Gasteiger partial charge in [0.2, 0.25) is 0 Å². The van der Waals surface area contributed by atoms with E-state index in [4.69, 9.17) is 5.73 Å². The molecule has 0 amide bonds. The van der Waals surface area contributed by atoms with Gasteiger partial charge in [0.25, 0.3) is 0 Å². The first-order valence-electron chi connectivity index (χ1n) is 7.16. The minimum atomic E-state index is -4.64. The average Bonchev–Trinajstić information content (AvgIpc) is 2.37. The Hall–Kier alpha value is -1.27. The standard InChI is InChI=1S/C15H21F3N2O/c1-11(19)13-5-7-20(8-6-13)10-12-3-2-4-14(9-12)21-15(16,17)18/h2-4,9,11,13H,5-8,10,19H2,1H3. The summed E-state index contributed by atoms with van der Waals surface area (Å²) >= 11 is 0. The van der Waals surface area contributed by atoms with Crippen LogP contribution in [-0.4, -0.2) is 30.4 Å². The Kier molecular flexibility index (Phi) is 5.11. The highest BCUT2D eigenvalue weighted by Gasteiger charge is 2.31. The van der Waals surface area contributed by atoms with Crippen molar-refractivity contribution in [1.29, 1.82) is 0 Å². The number of piperidine rings is 1. The van der Waals surface area contributed by atoms with E-state index in [-0.39, 0.29) is 11.8 Å². The Bertz CT molecular complexity index is 454. The lowest BCUT2D eigenvalue weighted by atomic mass is 9.91. The van der Waals surface area contributed by atoms with Crippen molar-refractivity contribution in [3.8, 4) is 5.75 Å². The van der Waals surface area contributed by atoms with Crippen LogP contribution < -0.4 is 10.5 Å². The molecule has 0 radical (unpaired) electrons. The molecule has 1 aliphatic heterocycles. The van der Waals surface area contributed by atoms with Crippen LogP contribution in [0.5, 0.6) is 5.75 Å². The predicted octanol–water partition coefficient (Wildman–Crippen LogP) is 3.14. The fourth-order valence-electron chi connectivity index (χ4n) is 2.74. The molecule has 2 N–H and O–H groups in total. The van der Waals surface area contributed by atoms with E-state index in [0.29, 0.717) is 12.5 Å². The number of ether oxygens (including phenoxy) is 1. The lowest BCUT2D eigenvalue weighted by Crippen LogP contribution is -2.39. The highest BCUT2D eigenvalue weighted by atomic mass is 19.4. The van der Waals surface area contributed by atoms with E-state index in [1.165, 1.54) is 12.1 Å². The molecule has 0 aromatic heterocycles. The molecule has 1 saturated heterocycles. The summed E-state index contributed by atoms with van der Waals surface area (Å²) in [6, 6.07) is 6.38. The second-order valence-corrected chi connectivity index (χ2v) is 5.67. The number of halogens is 3. The quantitative estimate of drug-likeness (QED) is 0.928. The Balaban J connectivity index is 1.90. The molecule has 1 fully saturated rings. The summed E-state index contributed by atoms with van der Waals surface area (Å²) in [4.78, 5) is 2.24. The molecule has 0 aliphatic carbocycles. The maximum absolute atomic E-state index is 12.2. The summed E-state index contributed by atoms with van der Waals surface area (Å²) in [5, 5.41) is 0. The van der Waals surface area contributed by atoms with Gasteiger partial charge in [0.1, 0.15) is 5.75 Å². The first-order valence-corrected chi connectivity index (χ1v) is 7.16. The summed E-state index contributed by atoms with van der Waals surface area (Å²) in [6.45, 7) is 4.52. The largest absolute Gasteiger partial charge is 0.573 e. The van der Waals surface area contributed by atoms with Gasteiger partial charge in [-0.25, -0.2) is 0 Å². The van der Waals surface area contributed by atoms with Crippen LogP contribution in [0.4, 0.5) is 13.2 Å². The molecule has 0 bridgehead atoms. The molecule has 1 heterocycles. The minimum Gasteiger partial charge on any atom is -0.406 e. The van der Waals surface area contributed by atoms with Gasteiger partial charge < -0.3 is 10.5 Å². The predicted molar refractivity (Wildman–Crippen MR) is 74.8 cm³/mol. The van der Waals surface area contributed by atoms with Gasteiger partial charge >= 0.3 is 6.36 Å². The third kappa shape index (κ3) is 5.21. The summed E-state index contributed by atoms with van der Waals surface area (Å²) in [6.07, 6.45) is -2.57. The number of hydrogen-bond acceptors (Lipinski definition) is 3. The van der Waals surface area contributed by atoms with E-state index in [1.54, 1.807) is 6.07 Å². The minimum absolute atomic E-state index is 0.162. The Morgan fingerprint density at radius 2 is 2.00 bits per heavy atom. The molecule has 1 aromatic carbocycles. The molecule has 1 aromatic rings. The first-order chi connectivity index (χ1) is 9.83. The zero-order valence-electron chi connectivity index (χ0n) is 12.1.